The van der Waals surface area contributed by atoms with E-state index >= 15 is 0 Å². The number of aliphatic hydroxyl groups is 1. The molecule has 0 aliphatic heterocycles. The van der Waals surface area contributed by atoms with Crippen molar-refractivity contribution in [2.45, 2.75) is 77.2 Å². The Morgan fingerprint density at radius 2 is 1.02 bits per heavy atom. The first-order chi connectivity index (χ1) is 22.8. The lowest BCUT2D eigenvalue weighted by molar-refractivity contribution is -0.136. The van der Waals surface area contributed by atoms with E-state index in [-0.39, 0.29) is 25.2 Å². The minimum Gasteiger partial charge on any atom is -0.378 e. The van der Waals surface area contributed by atoms with Crippen LogP contribution < -0.4 is 27.0 Å². The molecule has 256 valence electrons. The number of nitrogens with one attached hydrogen (secondary N) is 4. The van der Waals surface area contributed by atoms with Crippen LogP contribution in [-0.4, -0.2) is 58.8 Å². The Hall–Kier alpha value is -5.03. The largest absolute Gasteiger partial charge is 0.378 e. The summed E-state index contributed by atoms with van der Waals surface area (Å²) in [5.41, 5.74) is 7.58. The van der Waals surface area contributed by atoms with E-state index < -0.39 is 65.7 Å². The van der Waals surface area contributed by atoms with Gasteiger partial charge in [-0.3, -0.25) is 24.0 Å². The van der Waals surface area contributed by atoms with Crippen LogP contribution in [0.3, 0.4) is 0 Å². The highest BCUT2D eigenvalue weighted by Crippen LogP contribution is 2.15. The molecule has 0 radical (unpaired) electrons. The van der Waals surface area contributed by atoms with Crippen LogP contribution in [0.4, 0.5) is 0 Å². The maximum absolute atomic E-state index is 13.8. The molecule has 0 aromatic heterocycles. The van der Waals surface area contributed by atoms with Crippen LogP contribution in [-0.2, 0) is 36.8 Å². The van der Waals surface area contributed by atoms with Crippen molar-refractivity contribution in [3.05, 3.63) is 108 Å². The Morgan fingerprint density at radius 3 is 1.50 bits per heavy atom. The van der Waals surface area contributed by atoms with Gasteiger partial charge in [0.25, 0.3) is 5.91 Å². The monoisotopic (exact) mass is 657 g/mol. The van der Waals surface area contributed by atoms with Crippen molar-refractivity contribution in [3.8, 4) is 0 Å². The van der Waals surface area contributed by atoms with Crippen LogP contribution in [0.1, 0.15) is 56.9 Å². The molecule has 48 heavy (non-hydrogen) atoms. The second kappa shape index (κ2) is 18.3. The second-order valence-corrected chi connectivity index (χ2v) is 12.6. The molecule has 0 saturated heterocycles. The fraction of sp³-hybridized carbons (Fsp3) is 0.378. The van der Waals surface area contributed by atoms with Crippen LogP contribution in [0.25, 0.3) is 0 Å². The van der Waals surface area contributed by atoms with Gasteiger partial charge in [0.2, 0.25) is 23.6 Å². The van der Waals surface area contributed by atoms with Crippen LogP contribution in [0.15, 0.2) is 91.0 Å². The molecule has 1 unspecified atom stereocenters. The Balaban J connectivity index is 1.78. The quantitative estimate of drug-likeness (QED) is 0.130. The van der Waals surface area contributed by atoms with Crippen molar-refractivity contribution in [2.75, 3.05) is 0 Å². The van der Waals surface area contributed by atoms with Gasteiger partial charge in [-0.1, -0.05) is 119 Å². The molecule has 3 aromatic carbocycles. The van der Waals surface area contributed by atoms with Crippen molar-refractivity contribution in [2.24, 2.45) is 17.6 Å². The maximum Gasteiger partial charge on any atom is 0.254 e. The maximum atomic E-state index is 13.8. The molecule has 0 saturated carbocycles. The van der Waals surface area contributed by atoms with Gasteiger partial charge >= 0.3 is 0 Å². The molecule has 0 bridgehead atoms. The number of rotatable bonds is 17. The van der Waals surface area contributed by atoms with E-state index in [4.69, 9.17) is 5.73 Å². The minimum atomic E-state index is -1.48. The Kier molecular flexibility index (Phi) is 14.3. The number of carbonyl (C=O) groups excluding carboxylic acids is 5. The number of aliphatic hydroxyl groups excluding tert-OH is 1. The summed E-state index contributed by atoms with van der Waals surface area (Å²) < 4.78 is 0. The zero-order valence-corrected chi connectivity index (χ0v) is 27.9. The van der Waals surface area contributed by atoms with E-state index in [1.165, 1.54) is 0 Å². The molecule has 7 N–H and O–H groups in total. The lowest BCUT2D eigenvalue weighted by Crippen LogP contribution is -2.60. The minimum absolute atomic E-state index is 0.00530. The fourth-order valence-corrected chi connectivity index (χ4v) is 5.19. The molecular formula is C37H47N5O6. The van der Waals surface area contributed by atoms with Crippen LogP contribution >= 0.6 is 0 Å². The van der Waals surface area contributed by atoms with Gasteiger partial charge in [0.1, 0.15) is 24.2 Å². The van der Waals surface area contributed by atoms with Gasteiger partial charge in [-0.2, -0.15) is 0 Å². The lowest BCUT2D eigenvalue weighted by Gasteiger charge is -2.28. The van der Waals surface area contributed by atoms with E-state index in [9.17, 15) is 29.1 Å². The number of hydrogen-bond donors (Lipinski definition) is 6. The summed E-state index contributed by atoms with van der Waals surface area (Å²) in [4.78, 5) is 66.3. The molecular weight excluding hydrogens is 610 g/mol. The summed E-state index contributed by atoms with van der Waals surface area (Å²) in [6, 6.07) is 22.3. The van der Waals surface area contributed by atoms with E-state index in [0.29, 0.717) is 5.56 Å². The molecule has 3 rings (SSSR count). The third kappa shape index (κ3) is 11.6. The molecule has 0 aliphatic carbocycles. The van der Waals surface area contributed by atoms with E-state index in [2.05, 4.69) is 21.3 Å². The van der Waals surface area contributed by atoms with Crippen LogP contribution in [0.2, 0.25) is 0 Å². The molecule has 11 heteroatoms. The summed E-state index contributed by atoms with van der Waals surface area (Å²) in [5.74, 6) is -3.71. The zero-order chi connectivity index (χ0) is 35.2. The van der Waals surface area contributed by atoms with E-state index in [1.807, 2.05) is 74.5 Å². The van der Waals surface area contributed by atoms with E-state index in [1.54, 1.807) is 44.2 Å². The Morgan fingerprint density at radius 1 is 0.583 bits per heavy atom. The first-order valence-electron chi connectivity index (χ1n) is 16.2. The van der Waals surface area contributed by atoms with Gasteiger partial charge < -0.3 is 32.1 Å². The molecule has 5 amide bonds. The lowest BCUT2D eigenvalue weighted by atomic mass is 9.98. The number of hydrogen-bond acceptors (Lipinski definition) is 6. The van der Waals surface area contributed by atoms with Gasteiger partial charge in [-0.15, -0.1) is 0 Å². The summed E-state index contributed by atoms with van der Waals surface area (Å²) in [6.07, 6.45) is -0.959. The molecule has 5 atom stereocenters. The average molecular weight is 658 g/mol. The second-order valence-electron chi connectivity index (χ2n) is 12.6. The molecule has 0 heterocycles. The predicted molar refractivity (Wildman–Crippen MR) is 183 cm³/mol. The summed E-state index contributed by atoms with van der Waals surface area (Å²) in [6.45, 7) is 7.26. The van der Waals surface area contributed by atoms with Crippen molar-refractivity contribution in [1.29, 1.82) is 0 Å². The first kappa shape index (κ1) is 37.4. The van der Waals surface area contributed by atoms with Gasteiger partial charge in [0, 0.05) is 12.8 Å². The predicted octanol–water partition coefficient (Wildman–Crippen LogP) is 2.33. The fourth-order valence-electron chi connectivity index (χ4n) is 5.19. The third-order valence-corrected chi connectivity index (χ3v) is 7.81. The smallest absolute Gasteiger partial charge is 0.254 e. The zero-order valence-electron chi connectivity index (χ0n) is 27.9. The van der Waals surface area contributed by atoms with Crippen molar-refractivity contribution >= 4 is 29.5 Å². The summed E-state index contributed by atoms with van der Waals surface area (Å²) in [7, 11) is 0. The van der Waals surface area contributed by atoms with Gasteiger partial charge in [0.05, 0.1) is 0 Å². The average Bonchev–Trinajstić information content (AvgIpc) is 3.06. The number of amides is 5. The Labute approximate surface area is 282 Å². The number of nitrogens with two attached hydrogens (primary N) is 1. The van der Waals surface area contributed by atoms with Gasteiger partial charge in [0.15, 0.2) is 6.10 Å². The third-order valence-electron chi connectivity index (χ3n) is 7.81. The molecule has 0 spiro atoms. The van der Waals surface area contributed by atoms with Gasteiger partial charge in [-0.05, 0) is 34.9 Å². The normalized spacial score (nSPS) is 14.2. The number of carbonyl (C=O) groups is 5. The van der Waals surface area contributed by atoms with Crippen LogP contribution in [0.5, 0.6) is 0 Å². The SMILES string of the molecule is CC(C)C[C@@H](NC(=O)C(O)c1ccccc1)C(=O)N[C@@H](C(=O)N[C@H](Cc1ccccc1)C(=O)N[C@H](Cc1ccccc1)C(N)=O)C(C)C. The number of benzene rings is 3. The number of primary amides is 1. The summed E-state index contributed by atoms with van der Waals surface area (Å²) in [5, 5.41) is 21.4. The van der Waals surface area contributed by atoms with Crippen molar-refractivity contribution in [1.82, 2.24) is 21.3 Å². The molecule has 11 nitrogen and oxygen atoms in total. The van der Waals surface area contributed by atoms with Crippen molar-refractivity contribution < 1.29 is 29.1 Å². The van der Waals surface area contributed by atoms with Crippen LogP contribution in [0, 0.1) is 11.8 Å². The molecule has 0 fully saturated rings. The van der Waals surface area contributed by atoms with Gasteiger partial charge in [-0.25, -0.2) is 0 Å². The highest BCUT2D eigenvalue weighted by atomic mass is 16.3. The molecule has 3 aromatic rings. The highest BCUT2D eigenvalue weighted by Gasteiger charge is 2.33. The Bertz CT molecular complexity index is 1500. The van der Waals surface area contributed by atoms with E-state index in [0.717, 1.165) is 11.1 Å². The highest BCUT2D eigenvalue weighted by molar-refractivity contribution is 5.96. The standard InChI is InChI=1S/C37H47N5O6/c1-23(2)20-29(41-37(48)32(43)27-18-12-7-13-19-27)35(46)42-31(24(3)4)36(47)40-30(22-26-16-10-6-11-17-26)34(45)39-28(33(38)44)21-25-14-8-5-9-15-25/h5-19,23-24,28-32,43H,20-22H2,1-4H3,(H2,38,44)(H,39,45)(H,40,47)(H,41,48)(H,42,46)/t28-,29-,30-,31-,32?/m1/s1. The first-order valence-corrected chi connectivity index (χ1v) is 16.2. The topological polar surface area (TPSA) is 180 Å². The molecule has 0 aliphatic rings. The summed E-state index contributed by atoms with van der Waals surface area (Å²) >= 11 is 0. The van der Waals surface area contributed by atoms with Crippen molar-refractivity contribution in [3.63, 3.8) is 0 Å².